The Kier molecular flexibility index (Phi) is 3.57. The summed E-state index contributed by atoms with van der Waals surface area (Å²) in [4.78, 5) is 2.09. The van der Waals surface area contributed by atoms with Crippen molar-refractivity contribution in [3.8, 4) is 0 Å². The summed E-state index contributed by atoms with van der Waals surface area (Å²) < 4.78 is 0. The van der Waals surface area contributed by atoms with Gasteiger partial charge in [-0.1, -0.05) is 12.2 Å². The molecule has 0 unspecified atom stereocenters. The quantitative estimate of drug-likeness (QED) is 0.734. The van der Waals surface area contributed by atoms with Crippen molar-refractivity contribution in [2.24, 2.45) is 0 Å². The fraction of sp³-hybridized carbons (Fsp3) is 0.333. The Morgan fingerprint density at radius 3 is 2.29 bits per heavy atom. The fourth-order valence-corrected chi connectivity index (χ4v) is 1.13. The van der Waals surface area contributed by atoms with Crippen LogP contribution in [0.25, 0.3) is 0 Å². The molecule has 0 fully saturated rings. The Labute approximate surface area is 86.2 Å². The molecule has 1 rings (SSSR count). The topological polar surface area (TPSA) is 15.3 Å². The van der Waals surface area contributed by atoms with Gasteiger partial charge in [0.1, 0.15) is 0 Å². The van der Waals surface area contributed by atoms with Crippen LogP contribution in [0.3, 0.4) is 0 Å². The summed E-state index contributed by atoms with van der Waals surface area (Å²) >= 11 is 0. The van der Waals surface area contributed by atoms with Crippen LogP contribution in [0.4, 0.5) is 11.4 Å². The summed E-state index contributed by atoms with van der Waals surface area (Å²) in [5.41, 5.74) is 3.49. The van der Waals surface area contributed by atoms with Crippen molar-refractivity contribution >= 4 is 11.4 Å². The molecule has 0 atom stereocenters. The van der Waals surface area contributed by atoms with E-state index in [4.69, 9.17) is 0 Å². The number of hydrogen-bond acceptors (Lipinski definition) is 2. The minimum Gasteiger partial charge on any atom is -0.381 e. The molecule has 0 aliphatic carbocycles. The number of hydrogen-bond donors (Lipinski definition) is 1. The van der Waals surface area contributed by atoms with Gasteiger partial charge in [-0.2, -0.15) is 0 Å². The molecular weight excluding hydrogens is 172 g/mol. The summed E-state index contributed by atoms with van der Waals surface area (Å²) in [7, 11) is 4.08. The SMILES string of the molecule is C=C(C)CNc1ccc(N(C)C)cc1. The van der Waals surface area contributed by atoms with E-state index < -0.39 is 0 Å². The molecule has 0 aliphatic rings. The zero-order valence-corrected chi connectivity index (χ0v) is 9.17. The molecule has 0 amide bonds. The van der Waals surface area contributed by atoms with Gasteiger partial charge in [0.05, 0.1) is 0 Å². The zero-order valence-electron chi connectivity index (χ0n) is 9.17. The normalized spacial score (nSPS) is 9.64. The van der Waals surface area contributed by atoms with Crippen molar-refractivity contribution in [1.29, 1.82) is 0 Å². The van der Waals surface area contributed by atoms with Gasteiger partial charge < -0.3 is 10.2 Å². The monoisotopic (exact) mass is 190 g/mol. The maximum Gasteiger partial charge on any atom is 0.0362 e. The minimum atomic E-state index is 0.835. The van der Waals surface area contributed by atoms with Crippen LogP contribution in [0.2, 0.25) is 0 Å². The lowest BCUT2D eigenvalue weighted by Crippen LogP contribution is -2.08. The van der Waals surface area contributed by atoms with E-state index >= 15 is 0 Å². The van der Waals surface area contributed by atoms with Gasteiger partial charge >= 0.3 is 0 Å². The number of nitrogens with zero attached hydrogens (tertiary/aromatic N) is 1. The lowest BCUT2D eigenvalue weighted by Gasteiger charge is -2.13. The van der Waals surface area contributed by atoms with Crippen molar-refractivity contribution in [1.82, 2.24) is 0 Å². The number of benzene rings is 1. The second-order valence-electron chi connectivity index (χ2n) is 3.75. The van der Waals surface area contributed by atoms with Gasteiger partial charge in [-0.05, 0) is 31.2 Å². The summed E-state index contributed by atoms with van der Waals surface area (Å²) in [5, 5.41) is 3.29. The predicted molar refractivity (Wildman–Crippen MR) is 64.1 cm³/mol. The van der Waals surface area contributed by atoms with Gasteiger partial charge in [0.15, 0.2) is 0 Å². The van der Waals surface area contributed by atoms with Crippen molar-refractivity contribution in [2.45, 2.75) is 6.92 Å². The number of nitrogens with one attached hydrogen (secondary N) is 1. The average Bonchev–Trinajstić information content (AvgIpc) is 2.15. The van der Waals surface area contributed by atoms with Crippen LogP contribution in [0.15, 0.2) is 36.4 Å². The lowest BCUT2D eigenvalue weighted by atomic mass is 10.2. The summed E-state index contributed by atoms with van der Waals surface area (Å²) in [5.74, 6) is 0. The Hall–Kier alpha value is -1.44. The largest absolute Gasteiger partial charge is 0.381 e. The molecule has 0 bridgehead atoms. The highest BCUT2D eigenvalue weighted by Crippen LogP contribution is 2.15. The van der Waals surface area contributed by atoms with Gasteiger partial charge in [0, 0.05) is 32.0 Å². The van der Waals surface area contributed by atoms with E-state index in [9.17, 15) is 0 Å². The first-order chi connectivity index (χ1) is 6.59. The summed E-state index contributed by atoms with van der Waals surface area (Å²) in [6, 6.07) is 8.36. The molecular formula is C12H18N2. The molecule has 14 heavy (non-hydrogen) atoms. The van der Waals surface area contributed by atoms with E-state index in [-0.39, 0.29) is 0 Å². The molecule has 0 saturated heterocycles. The molecule has 2 nitrogen and oxygen atoms in total. The lowest BCUT2D eigenvalue weighted by molar-refractivity contribution is 1.13. The summed E-state index contributed by atoms with van der Waals surface area (Å²) in [6.07, 6.45) is 0. The van der Waals surface area contributed by atoms with Crippen LogP contribution < -0.4 is 10.2 Å². The van der Waals surface area contributed by atoms with Crippen LogP contribution >= 0.6 is 0 Å². The van der Waals surface area contributed by atoms with Crippen molar-refractivity contribution in [3.63, 3.8) is 0 Å². The first-order valence-corrected chi connectivity index (χ1v) is 4.75. The molecule has 1 aromatic carbocycles. The van der Waals surface area contributed by atoms with Gasteiger partial charge in [-0.15, -0.1) is 0 Å². The molecule has 0 aliphatic heterocycles. The first-order valence-electron chi connectivity index (χ1n) is 4.75. The highest BCUT2D eigenvalue weighted by Gasteiger charge is 1.95. The smallest absolute Gasteiger partial charge is 0.0362 e. The highest BCUT2D eigenvalue weighted by molar-refractivity contribution is 5.54. The standard InChI is InChI=1S/C12H18N2/c1-10(2)9-13-11-5-7-12(8-6-11)14(3)4/h5-8,13H,1,9H2,2-4H3. The Balaban J connectivity index is 2.59. The van der Waals surface area contributed by atoms with E-state index in [1.165, 1.54) is 5.69 Å². The van der Waals surface area contributed by atoms with Gasteiger partial charge in [0.25, 0.3) is 0 Å². The molecule has 0 saturated carbocycles. The summed E-state index contributed by atoms with van der Waals surface area (Å²) in [6.45, 7) is 6.69. The Morgan fingerprint density at radius 2 is 1.86 bits per heavy atom. The zero-order chi connectivity index (χ0) is 10.6. The fourth-order valence-electron chi connectivity index (χ4n) is 1.13. The molecule has 0 heterocycles. The maximum absolute atomic E-state index is 3.85. The van der Waals surface area contributed by atoms with E-state index in [1.807, 2.05) is 21.0 Å². The van der Waals surface area contributed by atoms with Gasteiger partial charge in [-0.25, -0.2) is 0 Å². The predicted octanol–water partition coefficient (Wildman–Crippen LogP) is 2.74. The molecule has 76 valence electrons. The molecule has 1 N–H and O–H groups in total. The van der Waals surface area contributed by atoms with Crippen LogP contribution in [0, 0.1) is 0 Å². The Morgan fingerprint density at radius 1 is 1.29 bits per heavy atom. The molecule has 0 aromatic heterocycles. The average molecular weight is 190 g/mol. The van der Waals surface area contributed by atoms with E-state index in [0.717, 1.165) is 17.8 Å². The van der Waals surface area contributed by atoms with Crippen molar-refractivity contribution in [2.75, 3.05) is 30.9 Å². The number of rotatable bonds is 4. The number of anilines is 2. The van der Waals surface area contributed by atoms with Crippen LogP contribution in [-0.2, 0) is 0 Å². The van der Waals surface area contributed by atoms with E-state index in [2.05, 4.69) is 41.1 Å². The van der Waals surface area contributed by atoms with Crippen molar-refractivity contribution < 1.29 is 0 Å². The molecule has 0 spiro atoms. The van der Waals surface area contributed by atoms with Crippen molar-refractivity contribution in [3.05, 3.63) is 36.4 Å². The minimum absolute atomic E-state index is 0.835. The second-order valence-corrected chi connectivity index (χ2v) is 3.75. The maximum atomic E-state index is 3.85. The third-order valence-electron chi connectivity index (χ3n) is 1.98. The third-order valence-corrected chi connectivity index (χ3v) is 1.98. The second kappa shape index (κ2) is 4.70. The highest BCUT2D eigenvalue weighted by atomic mass is 15.1. The third kappa shape index (κ3) is 3.13. The van der Waals surface area contributed by atoms with Gasteiger partial charge in [0.2, 0.25) is 0 Å². The van der Waals surface area contributed by atoms with Crippen LogP contribution in [0.1, 0.15) is 6.92 Å². The molecule has 1 aromatic rings. The van der Waals surface area contributed by atoms with Gasteiger partial charge in [-0.3, -0.25) is 0 Å². The van der Waals surface area contributed by atoms with E-state index in [1.54, 1.807) is 0 Å². The van der Waals surface area contributed by atoms with Crippen LogP contribution in [0.5, 0.6) is 0 Å². The molecule has 2 heteroatoms. The Bertz CT molecular complexity index is 299. The first kappa shape index (κ1) is 10.6. The van der Waals surface area contributed by atoms with Crippen LogP contribution in [-0.4, -0.2) is 20.6 Å². The molecule has 0 radical (unpaired) electrons. The van der Waals surface area contributed by atoms with E-state index in [0.29, 0.717) is 0 Å².